The summed E-state index contributed by atoms with van der Waals surface area (Å²) in [5, 5.41) is 0. The van der Waals surface area contributed by atoms with Gasteiger partial charge >= 0.3 is 5.97 Å². The van der Waals surface area contributed by atoms with Crippen LogP contribution in [0, 0.1) is 5.41 Å². The van der Waals surface area contributed by atoms with Gasteiger partial charge in [0.2, 0.25) is 6.29 Å². The Morgan fingerprint density at radius 1 is 1.24 bits per heavy atom. The first-order valence-corrected chi connectivity index (χ1v) is 11.3. The lowest BCUT2D eigenvalue weighted by Crippen LogP contribution is -2.43. The van der Waals surface area contributed by atoms with E-state index in [4.69, 9.17) is 13.7 Å². The summed E-state index contributed by atoms with van der Waals surface area (Å²) in [5.74, 6) is -1.08. The average Bonchev–Trinajstić information content (AvgIpc) is 2.72. The van der Waals surface area contributed by atoms with Gasteiger partial charge in [-0.3, -0.25) is 13.8 Å². The Labute approximate surface area is 172 Å². The third-order valence-electron chi connectivity index (χ3n) is 5.46. The first kappa shape index (κ1) is 23.5. The molecule has 29 heavy (non-hydrogen) atoms. The van der Waals surface area contributed by atoms with Crippen molar-refractivity contribution in [3.63, 3.8) is 0 Å². The monoisotopic (exact) mass is 426 g/mol. The summed E-state index contributed by atoms with van der Waals surface area (Å²) in [6.45, 7) is 6.48. The second-order valence-electron chi connectivity index (χ2n) is 7.68. The van der Waals surface area contributed by atoms with Gasteiger partial charge < -0.3 is 9.47 Å². The van der Waals surface area contributed by atoms with Crippen LogP contribution in [0.3, 0.4) is 0 Å². The van der Waals surface area contributed by atoms with Crippen LogP contribution in [0.4, 0.5) is 0 Å². The molecule has 0 spiro atoms. The van der Waals surface area contributed by atoms with Gasteiger partial charge in [-0.25, -0.2) is 0 Å². The van der Waals surface area contributed by atoms with Crippen molar-refractivity contribution in [2.45, 2.75) is 70.5 Å². The van der Waals surface area contributed by atoms with Crippen LogP contribution in [0.25, 0.3) is 0 Å². The quantitative estimate of drug-likeness (QED) is 0.338. The van der Waals surface area contributed by atoms with Gasteiger partial charge in [-0.1, -0.05) is 26.0 Å². The highest BCUT2D eigenvalue weighted by Crippen LogP contribution is 2.27. The Bertz CT molecular complexity index is 810. The molecule has 0 bridgehead atoms. The zero-order valence-corrected chi connectivity index (χ0v) is 18.3. The Hall–Kier alpha value is -1.77. The fraction of sp³-hybridized carbons (Fsp3) is 0.619. The molecule has 1 aromatic rings. The summed E-state index contributed by atoms with van der Waals surface area (Å²) in [7, 11) is -4.13. The molecule has 1 fully saturated rings. The summed E-state index contributed by atoms with van der Waals surface area (Å²) in [6.07, 6.45) is 2.49. The molecule has 1 heterocycles. The van der Waals surface area contributed by atoms with Crippen LogP contribution in [-0.4, -0.2) is 39.7 Å². The predicted octanol–water partition coefficient (Wildman–Crippen LogP) is 3.57. The van der Waals surface area contributed by atoms with Crippen molar-refractivity contribution in [3.05, 3.63) is 29.8 Å². The minimum absolute atomic E-state index is 0.0283. The first-order valence-electron chi connectivity index (χ1n) is 9.93. The lowest BCUT2D eigenvalue weighted by atomic mass is 9.87. The van der Waals surface area contributed by atoms with E-state index >= 15 is 0 Å². The highest BCUT2D eigenvalue weighted by molar-refractivity contribution is 7.86. The van der Waals surface area contributed by atoms with Crippen molar-refractivity contribution in [2.75, 3.05) is 13.2 Å². The Balaban J connectivity index is 2.09. The van der Waals surface area contributed by atoms with E-state index in [-0.39, 0.29) is 4.90 Å². The van der Waals surface area contributed by atoms with Crippen LogP contribution in [0.1, 0.15) is 64.9 Å². The predicted molar refractivity (Wildman–Crippen MR) is 107 cm³/mol. The molecule has 7 nitrogen and oxygen atoms in total. The summed E-state index contributed by atoms with van der Waals surface area (Å²) < 4.78 is 40.8. The fourth-order valence-electron chi connectivity index (χ4n) is 2.82. The maximum absolute atomic E-state index is 12.6. The summed E-state index contributed by atoms with van der Waals surface area (Å²) in [6, 6.07) is 6.42. The molecule has 8 heteroatoms. The minimum Gasteiger partial charge on any atom is -0.435 e. The number of esters is 1. The van der Waals surface area contributed by atoms with E-state index in [0.29, 0.717) is 18.9 Å². The highest BCUT2D eigenvalue weighted by Gasteiger charge is 2.43. The smallest absolute Gasteiger partial charge is 0.324 e. The van der Waals surface area contributed by atoms with Crippen LogP contribution >= 0.6 is 0 Å². The zero-order chi connectivity index (χ0) is 21.7. The van der Waals surface area contributed by atoms with Crippen LogP contribution < -0.4 is 0 Å². The van der Waals surface area contributed by atoms with E-state index in [0.717, 1.165) is 24.8 Å². The molecule has 1 saturated heterocycles. The molecule has 0 saturated carbocycles. The van der Waals surface area contributed by atoms with Crippen molar-refractivity contribution in [3.8, 4) is 0 Å². The minimum atomic E-state index is -4.13. The molecule has 0 aromatic heterocycles. The van der Waals surface area contributed by atoms with E-state index in [2.05, 4.69) is 13.8 Å². The van der Waals surface area contributed by atoms with Crippen molar-refractivity contribution >= 4 is 21.9 Å². The normalized spacial score (nSPS) is 20.5. The Morgan fingerprint density at radius 3 is 2.41 bits per heavy atom. The van der Waals surface area contributed by atoms with Crippen molar-refractivity contribution in [1.82, 2.24) is 0 Å². The molecular weight excluding hydrogens is 396 g/mol. The number of carbonyl (C=O) groups excluding carboxylic acids is 2. The summed E-state index contributed by atoms with van der Waals surface area (Å²) >= 11 is 0. The number of hydrogen-bond acceptors (Lipinski definition) is 7. The van der Waals surface area contributed by atoms with Gasteiger partial charge in [-0.15, -0.1) is 0 Å². The second-order valence-corrected chi connectivity index (χ2v) is 9.30. The van der Waals surface area contributed by atoms with Gasteiger partial charge in [0.05, 0.1) is 18.1 Å². The number of Topliss-reactive ketones (excluding diaryl/α,β-unsaturated/α-hetero) is 1. The van der Waals surface area contributed by atoms with E-state index in [1.54, 1.807) is 12.1 Å². The summed E-state index contributed by atoms with van der Waals surface area (Å²) in [5.41, 5.74) is -0.721. The first-order chi connectivity index (χ1) is 13.6. The third kappa shape index (κ3) is 5.87. The van der Waals surface area contributed by atoms with E-state index in [1.807, 2.05) is 0 Å². The Morgan fingerprint density at radius 2 is 1.90 bits per heavy atom. The van der Waals surface area contributed by atoms with Gasteiger partial charge in [0.25, 0.3) is 10.1 Å². The average molecular weight is 427 g/mol. The molecule has 0 amide bonds. The molecule has 3 unspecified atom stereocenters. The summed E-state index contributed by atoms with van der Waals surface area (Å²) in [4.78, 5) is 24.7. The van der Waals surface area contributed by atoms with E-state index in [9.17, 15) is 18.0 Å². The number of rotatable bonds is 9. The van der Waals surface area contributed by atoms with Crippen LogP contribution in [-0.2, 0) is 33.4 Å². The lowest BCUT2D eigenvalue weighted by molar-refractivity contribution is -0.197. The maximum Gasteiger partial charge on any atom is 0.324 e. The third-order valence-corrected chi connectivity index (χ3v) is 6.73. The highest BCUT2D eigenvalue weighted by atomic mass is 32.2. The molecule has 1 aliphatic heterocycles. The van der Waals surface area contributed by atoms with Gasteiger partial charge in [-0.2, -0.15) is 8.42 Å². The molecule has 0 N–H and O–H groups in total. The number of hydrogen-bond donors (Lipinski definition) is 0. The topological polar surface area (TPSA) is 96.0 Å². The van der Waals surface area contributed by atoms with Crippen LogP contribution in [0.2, 0.25) is 0 Å². The van der Waals surface area contributed by atoms with E-state index in [1.165, 1.54) is 26.0 Å². The van der Waals surface area contributed by atoms with Crippen LogP contribution in [0.5, 0.6) is 0 Å². The molecule has 0 aliphatic carbocycles. The van der Waals surface area contributed by atoms with Crippen molar-refractivity contribution < 1.29 is 31.7 Å². The molecular formula is C21H30O7S. The molecule has 1 aliphatic rings. The van der Waals surface area contributed by atoms with E-state index < -0.39 is 40.2 Å². The molecule has 162 valence electrons. The number of ether oxygens (including phenoxy) is 2. The van der Waals surface area contributed by atoms with Gasteiger partial charge in [-0.05, 0) is 56.7 Å². The largest absolute Gasteiger partial charge is 0.435 e. The Kier molecular flexibility index (Phi) is 7.96. The standard InChI is InChI=1S/C21H30O7S/c1-5-15(2)17-9-11-18(12-10-17)29(24,25)27-14-21(4,16(3)22)20(23)28-19-8-6-7-13-26-19/h9-12,15,19H,5-8,13-14H2,1-4H3. The van der Waals surface area contributed by atoms with Crippen molar-refractivity contribution in [2.24, 2.45) is 5.41 Å². The SMILES string of the molecule is CCC(C)c1ccc(S(=O)(=O)OCC(C)(C(C)=O)C(=O)OC2CCCCO2)cc1. The number of benzene rings is 1. The van der Waals surface area contributed by atoms with Gasteiger partial charge in [0.15, 0.2) is 0 Å². The van der Waals surface area contributed by atoms with Gasteiger partial charge in [0, 0.05) is 6.42 Å². The molecule has 1 aromatic carbocycles. The zero-order valence-electron chi connectivity index (χ0n) is 17.5. The number of carbonyl (C=O) groups is 2. The molecule has 2 rings (SSSR count). The number of ketones is 1. The lowest BCUT2D eigenvalue weighted by Gasteiger charge is -2.28. The molecule has 3 atom stereocenters. The van der Waals surface area contributed by atoms with Crippen molar-refractivity contribution in [1.29, 1.82) is 0 Å². The fourth-order valence-corrected chi connectivity index (χ4v) is 3.82. The molecule has 0 radical (unpaired) electrons. The maximum atomic E-state index is 12.6. The second kappa shape index (κ2) is 9.82. The van der Waals surface area contributed by atoms with Gasteiger partial charge in [0.1, 0.15) is 11.2 Å². The van der Waals surface area contributed by atoms with Crippen LogP contribution in [0.15, 0.2) is 29.2 Å².